The largest absolute Gasteiger partial charge is 0.461 e. The molecule has 0 aromatic heterocycles. The molecule has 8 atom stereocenters. The number of ether oxygens (including phenoxy) is 1. The first-order chi connectivity index (χ1) is 16.6. The van der Waals surface area contributed by atoms with Crippen LogP contribution in [0, 0.1) is 45.3 Å². The zero-order chi connectivity index (χ0) is 26.7. The number of ketones is 1. The van der Waals surface area contributed by atoms with Crippen molar-refractivity contribution in [1.29, 1.82) is 0 Å². The molecule has 0 aromatic carbocycles. The molecule has 0 aromatic rings. The molecule has 4 aliphatic carbocycles. The minimum Gasteiger partial charge on any atom is -0.461 e. The number of rotatable bonds is 6. The van der Waals surface area contributed by atoms with Crippen LogP contribution in [-0.2, 0) is 14.3 Å². The van der Waals surface area contributed by atoms with Crippen LogP contribution in [-0.4, -0.2) is 29.1 Å². The number of esters is 1. The van der Waals surface area contributed by atoms with E-state index < -0.39 is 5.60 Å². The van der Waals surface area contributed by atoms with Gasteiger partial charge in [0, 0.05) is 18.8 Å². The summed E-state index contributed by atoms with van der Waals surface area (Å²) in [5.41, 5.74) is 0.903. The van der Waals surface area contributed by atoms with Gasteiger partial charge in [-0.2, -0.15) is 0 Å². The maximum Gasteiger partial charge on any atom is 0.302 e. The lowest BCUT2D eigenvalue weighted by molar-refractivity contribution is -0.207. The molecule has 4 heteroatoms. The Kier molecular flexibility index (Phi) is 7.15. The van der Waals surface area contributed by atoms with Crippen LogP contribution >= 0.6 is 0 Å². The zero-order valence-corrected chi connectivity index (χ0v) is 24.3. The Bertz CT molecular complexity index is 915. The SMILES string of the molecule is CC(=O)OCC(C)=CCCC(C)(O)C1CCC2(C)C1CCC1C3(C)CCC(=O)C(C)(C)C3CCC12C. The first-order valence-corrected chi connectivity index (χ1v) is 14.6. The number of hydrogen-bond donors (Lipinski definition) is 1. The van der Waals surface area contributed by atoms with Crippen LogP contribution in [0.25, 0.3) is 0 Å². The molecule has 4 rings (SSSR count). The highest BCUT2D eigenvalue weighted by molar-refractivity contribution is 5.85. The molecule has 36 heavy (non-hydrogen) atoms. The smallest absolute Gasteiger partial charge is 0.302 e. The topological polar surface area (TPSA) is 63.6 Å². The van der Waals surface area contributed by atoms with E-state index in [4.69, 9.17) is 4.74 Å². The molecule has 4 fully saturated rings. The Hall–Kier alpha value is -1.16. The van der Waals surface area contributed by atoms with Crippen molar-refractivity contribution < 1.29 is 19.4 Å². The molecular formula is C32H52O4. The Labute approximate surface area is 220 Å². The van der Waals surface area contributed by atoms with Gasteiger partial charge < -0.3 is 9.84 Å². The Balaban J connectivity index is 1.51. The lowest BCUT2D eigenvalue weighted by atomic mass is 9.35. The van der Waals surface area contributed by atoms with Crippen molar-refractivity contribution in [2.45, 2.75) is 125 Å². The van der Waals surface area contributed by atoms with Crippen LogP contribution in [0.3, 0.4) is 0 Å². The predicted molar refractivity (Wildman–Crippen MR) is 144 cm³/mol. The number of hydrogen-bond acceptors (Lipinski definition) is 4. The summed E-state index contributed by atoms with van der Waals surface area (Å²) in [7, 11) is 0. The van der Waals surface area contributed by atoms with Crippen molar-refractivity contribution in [2.75, 3.05) is 6.61 Å². The van der Waals surface area contributed by atoms with Crippen LogP contribution < -0.4 is 0 Å². The number of aliphatic hydroxyl groups is 1. The second-order valence-electron chi connectivity index (χ2n) is 14.7. The minimum absolute atomic E-state index is 0.199. The zero-order valence-electron chi connectivity index (χ0n) is 24.3. The van der Waals surface area contributed by atoms with Crippen LogP contribution in [0.15, 0.2) is 11.6 Å². The van der Waals surface area contributed by atoms with Gasteiger partial charge in [-0.25, -0.2) is 0 Å². The molecular weight excluding hydrogens is 448 g/mol. The second-order valence-corrected chi connectivity index (χ2v) is 14.7. The van der Waals surface area contributed by atoms with E-state index in [-0.39, 0.29) is 27.6 Å². The van der Waals surface area contributed by atoms with Gasteiger partial charge in [0.2, 0.25) is 0 Å². The summed E-state index contributed by atoms with van der Waals surface area (Å²) in [5, 5.41) is 11.8. The van der Waals surface area contributed by atoms with E-state index in [9.17, 15) is 14.7 Å². The van der Waals surface area contributed by atoms with Crippen molar-refractivity contribution in [2.24, 2.45) is 45.3 Å². The van der Waals surface area contributed by atoms with Crippen molar-refractivity contribution in [1.82, 2.24) is 0 Å². The van der Waals surface area contributed by atoms with E-state index in [1.165, 1.54) is 32.6 Å². The molecule has 8 unspecified atom stereocenters. The molecule has 4 saturated carbocycles. The van der Waals surface area contributed by atoms with Crippen LogP contribution in [0.2, 0.25) is 0 Å². The van der Waals surface area contributed by atoms with E-state index in [2.05, 4.69) is 47.6 Å². The van der Waals surface area contributed by atoms with Gasteiger partial charge >= 0.3 is 5.97 Å². The van der Waals surface area contributed by atoms with Crippen molar-refractivity contribution in [3.63, 3.8) is 0 Å². The minimum atomic E-state index is -0.690. The van der Waals surface area contributed by atoms with Gasteiger partial charge in [0.05, 0.1) is 5.60 Å². The summed E-state index contributed by atoms with van der Waals surface area (Å²) in [6, 6.07) is 0. The first kappa shape index (κ1) is 27.9. The molecule has 0 aliphatic heterocycles. The third-order valence-corrected chi connectivity index (χ3v) is 12.6. The number of carbonyl (C=O) groups is 2. The second kappa shape index (κ2) is 9.24. The molecule has 0 heterocycles. The number of allylic oxidation sites excluding steroid dienone is 1. The van der Waals surface area contributed by atoms with Crippen molar-refractivity contribution >= 4 is 11.8 Å². The van der Waals surface area contributed by atoms with E-state index in [1.807, 2.05) is 6.92 Å². The van der Waals surface area contributed by atoms with Crippen LogP contribution in [0.1, 0.15) is 120 Å². The molecule has 1 N–H and O–H groups in total. The number of carbonyl (C=O) groups excluding carboxylic acids is 2. The lowest BCUT2D eigenvalue weighted by Gasteiger charge is -2.69. The maximum absolute atomic E-state index is 12.9. The monoisotopic (exact) mass is 500 g/mol. The normalized spacial score (nSPS) is 43.7. The quantitative estimate of drug-likeness (QED) is 0.307. The van der Waals surface area contributed by atoms with E-state index in [0.717, 1.165) is 44.1 Å². The van der Waals surface area contributed by atoms with E-state index in [1.54, 1.807) is 0 Å². The molecule has 204 valence electrons. The van der Waals surface area contributed by atoms with Gasteiger partial charge in [0.1, 0.15) is 12.4 Å². The van der Waals surface area contributed by atoms with Gasteiger partial charge in [0.15, 0.2) is 0 Å². The van der Waals surface area contributed by atoms with E-state index >= 15 is 0 Å². The fourth-order valence-electron chi connectivity index (χ4n) is 10.4. The lowest BCUT2D eigenvalue weighted by Crippen LogP contribution is -2.63. The van der Waals surface area contributed by atoms with Gasteiger partial charge in [-0.15, -0.1) is 0 Å². The summed E-state index contributed by atoms with van der Waals surface area (Å²) in [4.78, 5) is 24.0. The Morgan fingerprint density at radius 2 is 1.67 bits per heavy atom. The van der Waals surface area contributed by atoms with Gasteiger partial charge in [-0.05, 0) is 117 Å². The highest BCUT2D eigenvalue weighted by Gasteiger charge is 2.69. The summed E-state index contributed by atoms with van der Waals surface area (Å²) < 4.78 is 5.11. The molecule has 4 aliphatic rings. The van der Waals surface area contributed by atoms with Gasteiger partial charge in [-0.3, -0.25) is 9.59 Å². The number of fused-ring (bicyclic) bond motifs is 5. The van der Waals surface area contributed by atoms with E-state index in [0.29, 0.717) is 36.1 Å². The molecule has 0 bridgehead atoms. The van der Waals surface area contributed by atoms with Gasteiger partial charge in [-0.1, -0.05) is 40.7 Å². The summed E-state index contributed by atoms with van der Waals surface area (Å²) in [5.74, 6) is 2.26. The Morgan fingerprint density at radius 1 is 1.00 bits per heavy atom. The van der Waals surface area contributed by atoms with Crippen molar-refractivity contribution in [3.8, 4) is 0 Å². The first-order valence-electron chi connectivity index (χ1n) is 14.6. The fraction of sp³-hybridized carbons (Fsp3) is 0.875. The molecule has 0 spiro atoms. The maximum atomic E-state index is 12.9. The summed E-state index contributed by atoms with van der Waals surface area (Å²) >= 11 is 0. The average molecular weight is 501 g/mol. The molecule has 0 saturated heterocycles. The molecule has 4 nitrogen and oxygen atoms in total. The third kappa shape index (κ3) is 4.22. The summed E-state index contributed by atoms with van der Waals surface area (Å²) in [6.07, 6.45) is 12.6. The molecule has 0 amide bonds. The summed E-state index contributed by atoms with van der Waals surface area (Å²) in [6.45, 7) is 18.0. The standard InChI is InChI=1S/C32H52O4/c1-21(20-36-22(2)33)10-9-16-32(8,35)24-13-18-30(6)23(24)11-12-26-29(5)17-15-27(34)28(3,4)25(29)14-19-31(26,30)7/h10,23-26,35H,9,11-20H2,1-8H3. The average Bonchev–Trinajstić information content (AvgIpc) is 3.14. The number of Topliss-reactive ketones (excluding diaryl/α,β-unsaturated/α-hetero) is 1. The van der Waals surface area contributed by atoms with Gasteiger partial charge in [0.25, 0.3) is 0 Å². The third-order valence-electron chi connectivity index (χ3n) is 12.6. The Morgan fingerprint density at radius 3 is 2.33 bits per heavy atom. The van der Waals surface area contributed by atoms with Crippen LogP contribution in [0.5, 0.6) is 0 Å². The highest BCUT2D eigenvalue weighted by atomic mass is 16.5. The highest BCUT2D eigenvalue weighted by Crippen LogP contribution is 2.75. The predicted octanol–water partition coefficient (Wildman–Crippen LogP) is 7.28. The fourth-order valence-corrected chi connectivity index (χ4v) is 10.4. The van der Waals surface area contributed by atoms with Crippen LogP contribution in [0.4, 0.5) is 0 Å². The molecule has 0 radical (unpaired) electrons. The van der Waals surface area contributed by atoms with Crippen molar-refractivity contribution in [3.05, 3.63) is 11.6 Å².